The molecule has 0 saturated carbocycles. The predicted octanol–water partition coefficient (Wildman–Crippen LogP) is 5.35. The summed E-state index contributed by atoms with van der Waals surface area (Å²) < 4.78 is 0. The normalized spacial score (nSPS) is 14.8. The molecule has 0 aliphatic carbocycles. The van der Waals surface area contributed by atoms with E-state index in [1.807, 2.05) is 13.8 Å². The number of rotatable bonds is 3. The zero-order valence-corrected chi connectivity index (χ0v) is 11.8. The minimum absolute atomic E-state index is 0. The van der Waals surface area contributed by atoms with Gasteiger partial charge in [-0.2, -0.15) is 0 Å². The Labute approximate surface area is 106 Å². The van der Waals surface area contributed by atoms with E-state index in [1.165, 1.54) is 58.2 Å². The van der Waals surface area contributed by atoms with Gasteiger partial charge in [-0.25, -0.2) is 0 Å². The highest BCUT2D eigenvalue weighted by Crippen LogP contribution is 2.08. The molecule has 0 bridgehead atoms. The summed E-state index contributed by atoms with van der Waals surface area (Å²) in [5.41, 5.74) is 0. The van der Waals surface area contributed by atoms with Crippen molar-refractivity contribution in [2.45, 2.75) is 80.6 Å². The molecule has 1 saturated heterocycles. The van der Waals surface area contributed by atoms with Crippen LogP contribution in [0.3, 0.4) is 0 Å². The average Bonchev–Trinajstić information content (AvgIpc) is 2.31. The van der Waals surface area contributed by atoms with Crippen molar-refractivity contribution in [3.63, 3.8) is 0 Å². The third-order valence-corrected chi connectivity index (χ3v) is 2.28. The van der Waals surface area contributed by atoms with Gasteiger partial charge in [0.2, 0.25) is 0 Å². The Kier molecular flexibility index (Phi) is 27.1. The molecule has 1 aliphatic heterocycles. The molecule has 1 heterocycles. The number of hydrogen-bond acceptors (Lipinski definition) is 1. The van der Waals surface area contributed by atoms with Crippen molar-refractivity contribution in [2.75, 3.05) is 19.6 Å². The highest BCUT2D eigenvalue weighted by molar-refractivity contribution is 4.63. The van der Waals surface area contributed by atoms with Crippen molar-refractivity contribution in [2.24, 2.45) is 0 Å². The zero-order valence-electron chi connectivity index (χ0n) is 11.8. The molecule has 1 nitrogen and oxygen atoms in total. The molecule has 0 amide bonds. The van der Waals surface area contributed by atoms with Crippen LogP contribution in [0.25, 0.3) is 0 Å². The average molecular weight is 231 g/mol. The van der Waals surface area contributed by atoms with E-state index in [0.717, 1.165) is 0 Å². The molecular formula is C15H37N. The Balaban J connectivity index is -0.000000246. The van der Waals surface area contributed by atoms with E-state index >= 15 is 0 Å². The van der Waals surface area contributed by atoms with E-state index < -0.39 is 0 Å². The second kappa shape index (κ2) is 20.4. The summed E-state index contributed by atoms with van der Waals surface area (Å²) in [5, 5.41) is 0. The predicted molar refractivity (Wildman–Crippen MR) is 79.2 cm³/mol. The molecule has 1 fully saturated rings. The van der Waals surface area contributed by atoms with E-state index in [0.29, 0.717) is 0 Å². The summed E-state index contributed by atoms with van der Waals surface area (Å²) >= 11 is 0. The molecule has 16 heavy (non-hydrogen) atoms. The van der Waals surface area contributed by atoms with E-state index in [9.17, 15) is 0 Å². The van der Waals surface area contributed by atoms with Gasteiger partial charge in [0.05, 0.1) is 0 Å². The Hall–Kier alpha value is -0.0400. The molecule has 0 spiro atoms. The Morgan fingerprint density at radius 3 is 1.69 bits per heavy atom. The van der Waals surface area contributed by atoms with Crippen LogP contribution in [0, 0.1) is 0 Å². The largest absolute Gasteiger partial charge is 0.303 e. The first-order valence-electron chi connectivity index (χ1n) is 7.07. The smallest absolute Gasteiger partial charge is 0.00187 e. The molecule has 0 aromatic heterocycles. The van der Waals surface area contributed by atoms with Crippen molar-refractivity contribution in [1.82, 2.24) is 4.90 Å². The third kappa shape index (κ3) is 16.4. The molecule has 0 atom stereocenters. The second-order valence-corrected chi connectivity index (χ2v) is 3.96. The fraction of sp³-hybridized carbons (Fsp3) is 1.00. The third-order valence-electron chi connectivity index (χ3n) is 2.28. The summed E-state index contributed by atoms with van der Waals surface area (Å²) in [6.07, 6.45) is 8.31. The highest BCUT2D eigenvalue weighted by Gasteiger charge is 2.07. The summed E-state index contributed by atoms with van der Waals surface area (Å²) in [5.74, 6) is 0. The summed E-state index contributed by atoms with van der Waals surface area (Å²) in [4.78, 5) is 2.60. The summed E-state index contributed by atoms with van der Waals surface area (Å²) in [7, 11) is 0. The van der Waals surface area contributed by atoms with Crippen molar-refractivity contribution in [3.8, 4) is 0 Å². The molecule has 0 N–H and O–H groups in total. The van der Waals surface area contributed by atoms with Crippen molar-refractivity contribution >= 4 is 0 Å². The van der Waals surface area contributed by atoms with Gasteiger partial charge < -0.3 is 4.90 Å². The molecular weight excluding hydrogens is 194 g/mol. The van der Waals surface area contributed by atoms with Gasteiger partial charge in [-0.05, 0) is 38.9 Å². The minimum atomic E-state index is 0. The van der Waals surface area contributed by atoms with Crippen molar-refractivity contribution < 1.29 is 0 Å². The van der Waals surface area contributed by atoms with E-state index in [2.05, 4.69) is 25.7 Å². The second-order valence-electron chi connectivity index (χ2n) is 3.96. The molecule has 1 aliphatic rings. The fourth-order valence-corrected chi connectivity index (χ4v) is 1.56. The number of hydrogen-bond donors (Lipinski definition) is 0. The first-order chi connectivity index (χ1) is 7.35. The number of nitrogens with zero attached hydrogens (tertiary/aromatic N) is 1. The van der Waals surface area contributed by atoms with Crippen LogP contribution >= 0.6 is 0 Å². The van der Waals surface area contributed by atoms with Gasteiger partial charge in [0.15, 0.2) is 0 Å². The van der Waals surface area contributed by atoms with Gasteiger partial charge in [-0.15, -0.1) is 0 Å². The standard InChI is InChI=1S/C9H19N.C3H8.C2H6.CH4/c1-2-3-7-10-8-5-4-6-9-10;1-3-2;1-2;/h2-9H2,1H3;3H2,1-2H3;1-2H3;1H4. The van der Waals surface area contributed by atoms with Crippen LogP contribution in [-0.4, -0.2) is 24.5 Å². The lowest BCUT2D eigenvalue weighted by atomic mass is 10.1. The SMILES string of the molecule is C.CC.CCC.CCCCN1CCCCC1. The number of likely N-dealkylation sites (tertiary alicyclic amines) is 1. The van der Waals surface area contributed by atoms with E-state index in [-0.39, 0.29) is 7.43 Å². The van der Waals surface area contributed by atoms with Gasteiger partial charge in [0.25, 0.3) is 0 Å². The van der Waals surface area contributed by atoms with Crippen LogP contribution in [-0.2, 0) is 0 Å². The lowest BCUT2D eigenvalue weighted by Gasteiger charge is -2.25. The molecule has 0 aromatic rings. The quantitative estimate of drug-likeness (QED) is 0.633. The van der Waals surface area contributed by atoms with E-state index in [4.69, 9.17) is 0 Å². The fourth-order valence-electron chi connectivity index (χ4n) is 1.56. The van der Waals surface area contributed by atoms with Gasteiger partial charge in [-0.3, -0.25) is 0 Å². The molecule has 1 heteroatoms. The summed E-state index contributed by atoms with van der Waals surface area (Å²) in [6, 6.07) is 0. The first-order valence-corrected chi connectivity index (χ1v) is 7.07. The lowest BCUT2D eigenvalue weighted by molar-refractivity contribution is 0.226. The highest BCUT2D eigenvalue weighted by atomic mass is 15.1. The topological polar surface area (TPSA) is 3.24 Å². The van der Waals surface area contributed by atoms with Gasteiger partial charge >= 0.3 is 0 Å². The first kappa shape index (κ1) is 21.3. The van der Waals surface area contributed by atoms with Gasteiger partial charge in [-0.1, -0.05) is 61.3 Å². The van der Waals surface area contributed by atoms with Gasteiger partial charge in [0.1, 0.15) is 0 Å². The minimum Gasteiger partial charge on any atom is -0.303 e. The molecule has 102 valence electrons. The van der Waals surface area contributed by atoms with Crippen LogP contribution in [0.2, 0.25) is 0 Å². The molecule has 0 radical (unpaired) electrons. The van der Waals surface area contributed by atoms with Crippen molar-refractivity contribution in [1.29, 1.82) is 0 Å². The monoisotopic (exact) mass is 231 g/mol. The number of unbranched alkanes of at least 4 members (excludes halogenated alkanes) is 1. The van der Waals surface area contributed by atoms with Crippen LogP contribution in [0.5, 0.6) is 0 Å². The van der Waals surface area contributed by atoms with Gasteiger partial charge in [0, 0.05) is 0 Å². The Morgan fingerprint density at radius 1 is 0.875 bits per heavy atom. The Bertz CT molecular complexity index is 85.4. The maximum absolute atomic E-state index is 2.60. The maximum atomic E-state index is 2.60. The van der Waals surface area contributed by atoms with Crippen LogP contribution < -0.4 is 0 Å². The maximum Gasteiger partial charge on any atom is -0.00187 e. The lowest BCUT2D eigenvalue weighted by Crippen LogP contribution is -2.30. The number of piperidine rings is 1. The zero-order chi connectivity index (χ0) is 11.9. The van der Waals surface area contributed by atoms with E-state index in [1.54, 1.807) is 0 Å². The van der Waals surface area contributed by atoms with Crippen molar-refractivity contribution in [3.05, 3.63) is 0 Å². The van der Waals surface area contributed by atoms with Crippen LogP contribution in [0.4, 0.5) is 0 Å². The molecule has 0 unspecified atom stereocenters. The van der Waals surface area contributed by atoms with Crippen LogP contribution in [0.15, 0.2) is 0 Å². The Morgan fingerprint density at radius 2 is 1.31 bits per heavy atom. The summed E-state index contributed by atoms with van der Waals surface area (Å²) in [6.45, 7) is 14.6. The molecule has 1 rings (SSSR count). The molecule has 0 aromatic carbocycles. The van der Waals surface area contributed by atoms with Crippen LogP contribution in [0.1, 0.15) is 80.6 Å².